The number of hydrogen-bond donors (Lipinski definition) is 1. The molecule has 0 aliphatic heterocycles. The average Bonchev–Trinajstić information content (AvgIpc) is 2.57. The molecule has 0 atom stereocenters. The standard InChI is InChI=1S/C13H21NO2/c1-5-8-10-9(4)12(13(15)16-7-3)14-11(10)6-2/h14H,5-8H2,1-4H3. The van der Waals surface area contributed by atoms with E-state index in [9.17, 15) is 4.79 Å². The first-order valence-corrected chi connectivity index (χ1v) is 6.03. The van der Waals surface area contributed by atoms with Crippen molar-refractivity contribution in [1.29, 1.82) is 0 Å². The van der Waals surface area contributed by atoms with Crippen molar-refractivity contribution in [3.8, 4) is 0 Å². The normalized spacial score (nSPS) is 10.5. The first-order chi connectivity index (χ1) is 7.65. The van der Waals surface area contributed by atoms with Crippen LogP contribution in [0.3, 0.4) is 0 Å². The van der Waals surface area contributed by atoms with E-state index in [-0.39, 0.29) is 5.97 Å². The Balaban J connectivity index is 3.07. The number of aromatic amines is 1. The Bertz CT molecular complexity index is 366. The zero-order valence-electron chi connectivity index (χ0n) is 10.6. The van der Waals surface area contributed by atoms with Crippen LogP contribution in [-0.4, -0.2) is 17.6 Å². The first-order valence-electron chi connectivity index (χ1n) is 6.03. The highest BCUT2D eigenvalue weighted by Crippen LogP contribution is 2.21. The van der Waals surface area contributed by atoms with Crippen molar-refractivity contribution in [2.45, 2.75) is 47.0 Å². The Morgan fingerprint density at radius 3 is 2.50 bits per heavy atom. The van der Waals surface area contributed by atoms with Crippen LogP contribution in [0, 0.1) is 6.92 Å². The van der Waals surface area contributed by atoms with Crippen molar-refractivity contribution < 1.29 is 9.53 Å². The Kier molecular flexibility index (Phi) is 4.59. The molecule has 1 N–H and O–H groups in total. The number of esters is 1. The lowest BCUT2D eigenvalue weighted by Crippen LogP contribution is -2.06. The lowest BCUT2D eigenvalue weighted by atomic mass is 10.0. The van der Waals surface area contributed by atoms with Crippen LogP contribution in [0.4, 0.5) is 0 Å². The van der Waals surface area contributed by atoms with Crippen molar-refractivity contribution >= 4 is 5.97 Å². The quantitative estimate of drug-likeness (QED) is 0.780. The predicted molar refractivity (Wildman–Crippen MR) is 64.9 cm³/mol. The fourth-order valence-corrected chi connectivity index (χ4v) is 1.99. The molecule has 90 valence electrons. The Morgan fingerprint density at radius 2 is 2.00 bits per heavy atom. The molecule has 0 spiro atoms. The van der Waals surface area contributed by atoms with E-state index in [1.807, 2.05) is 13.8 Å². The van der Waals surface area contributed by atoms with E-state index >= 15 is 0 Å². The van der Waals surface area contributed by atoms with Gasteiger partial charge in [0.05, 0.1) is 6.61 Å². The van der Waals surface area contributed by atoms with Gasteiger partial charge in [0.1, 0.15) is 5.69 Å². The van der Waals surface area contributed by atoms with E-state index in [0.29, 0.717) is 12.3 Å². The van der Waals surface area contributed by atoms with Crippen LogP contribution in [0.15, 0.2) is 0 Å². The third kappa shape index (κ3) is 2.46. The molecule has 1 aromatic heterocycles. The van der Waals surface area contributed by atoms with Crippen LogP contribution in [0.5, 0.6) is 0 Å². The summed E-state index contributed by atoms with van der Waals surface area (Å²) in [4.78, 5) is 14.9. The zero-order valence-corrected chi connectivity index (χ0v) is 10.6. The molecule has 1 heterocycles. The summed E-state index contributed by atoms with van der Waals surface area (Å²) in [5.74, 6) is -0.239. The fourth-order valence-electron chi connectivity index (χ4n) is 1.99. The van der Waals surface area contributed by atoms with Crippen LogP contribution in [0.25, 0.3) is 0 Å². The van der Waals surface area contributed by atoms with Gasteiger partial charge < -0.3 is 9.72 Å². The highest BCUT2D eigenvalue weighted by molar-refractivity contribution is 5.89. The molecule has 0 aliphatic rings. The number of nitrogens with one attached hydrogen (secondary N) is 1. The largest absolute Gasteiger partial charge is 0.461 e. The third-order valence-electron chi connectivity index (χ3n) is 2.80. The number of carbonyl (C=O) groups is 1. The highest BCUT2D eigenvalue weighted by Gasteiger charge is 2.18. The molecule has 0 saturated heterocycles. The number of hydrogen-bond acceptors (Lipinski definition) is 2. The average molecular weight is 223 g/mol. The molecule has 0 aliphatic carbocycles. The lowest BCUT2D eigenvalue weighted by Gasteiger charge is -2.01. The second kappa shape index (κ2) is 5.73. The lowest BCUT2D eigenvalue weighted by molar-refractivity contribution is 0.0519. The molecule has 3 nitrogen and oxygen atoms in total. The van der Waals surface area contributed by atoms with Crippen LogP contribution in [-0.2, 0) is 17.6 Å². The Hall–Kier alpha value is -1.25. The molecule has 3 heteroatoms. The van der Waals surface area contributed by atoms with Gasteiger partial charge in [0.15, 0.2) is 0 Å². The van der Waals surface area contributed by atoms with E-state index < -0.39 is 0 Å². The summed E-state index contributed by atoms with van der Waals surface area (Å²) in [6.45, 7) is 8.48. The van der Waals surface area contributed by atoms with E-state index in [2.05, 4.69) is 18.8 Å². The predicted octanol–water partition coefficient (Wildman–Crippen LogP) is 3.01. The number of aromatic nitrogens is 1. The van der Waals surface area contributed by atoms with Gasteiger partial charge in [0.25, 0.3) is 0 Å². The maximum absolute atomic E-state index is 11.7. The van der Waals surface area contributed by atoms with E-state index in [4.69, 9.17) is 4.74 Å². The van der Waals surface area contributed by atoms with Gasteiger partial charge in [-0.1, -0.05) is 20.3 Å². The molecule has 16 heavy (non-hydrogen) atoms. The topological polar surface area (TPSA) is 42.1 Å². The van der Waals surface area contributed by atoms with Gasteiger partial charge in [-0.25, -0.2) is 4.79 Å². The van der Waals surface area contributed by atoms with Crippen LogP contribution in [0.1, 0.15) is 54.5 Å². The van der Waals surface area contributed by atoms with Gasteiger partial charge >= 0.3 is 5.97 Å². The fraction of sp³-hybridized carbons (Fsp3) is 0.615. The van der Waals surface area contributed by atoms with Gasteiger partial charge in [-0.15, -0.1) is 0 Å². The van der Waals surface area contributed by atoms with Crippen LogP contribution in [0.2, 0.25) is 0 Å². The second-order valence-electron chi connectivity index (χ2n) is 3.91. The molecule has 1 aromatic rings. The first kappa shape index (κ1) is 12.8. The van der Waals surface area contributed by atoms with Gasteiger partial charge in [-0.05, 0) is 37.8 Å². The molecule has 0 amide bonds. The molecule has 0 unspecified atom stereocenters. The number of rotatable bonds is 5. The van der Waals surface area contributed by atoms with E-state index in [1.165, 1.54) is 11.3 Å². The molecule has 0 bridgehead atoms. The van der Waals surface area contributed by atoms with Gasteiger partial charge in [0.2, 0.25) is 0 Å². The minimum absolute atomic E-state index is 0.239. The van der Waals surface area contributed by atoms with Crippen molar-refractivity contribution in [1.82, 2.24) is 4.98 Å². The van der Waals surface area contributed by atoms with Gasteiger partial charge in [-0.2, -0.15) is 0 Å². The minimum atomic E-state index is -0.239. The Morgan fingerprint density at radius 1 is 1.31 bits per heavy atom. The van der Waals surface area contributed by atoms with E-state index in [0.717, 1.165) is 24.8 Å². The molecular formula is C13H21NO2. The minimum Gasteiger partial charge on any atom is -0.461 e. The summed E-state index contributed by atoms with van der Waals surface area (Å²) in [6, 6.07) is 0. The summed E-state index contributed by atoms with van der Waals surface area (Å²) in [7, 11) is 0. The third-order valence-corrected chi connectivity index (χ3v) is 2.80. The van der Waals surface area contributed by atoms with Crippen molar-refractivity contribution in [3.05, 3.63) is 22.5 Å². The monoisotopic (exact) mass is 223 g/mol. The van der Waals surface area contributed by atoms with Crippen LogP contribution < -0.4 is 0 Å². The number of carbonyl (C=O) groups excluding carboxylic acids is 1. The maximum Gasteiger partial charge on any atom is 0.355 e. The second-order valence-corrected chi connectivity index (χ2v) is 3.91. The van der Waals surface area contributed by atoms with Crippen molar-refractivity contribution in [3.63, 3.8) is 0 Å². The Labute approximate surface area is 97.2 Å². The molecular weight excluding hydrogens is 202 g/mol. The number of H-pyrrole nitrogens is 1. The molecule has 0 aromatic carbocycles. The maximum atomic E-state index is 11.7. The molecule has 0 fully saturated rings. The molecule has 0 radical (unpaired) electrons. The number of ether oxygens (including phenoxy) is 1. The summed E-state index contributed by atoms with van der Waals surface area (Å²) < 4.78 is 5.03. The van der Waals surface area contributed by atoms with Crippen LogP contribution >= 0.6 is 0 Å². The summed E-state index contributed by atoms with van der Waals surface area (Å²) in [5, 5.41) is 0. The zero-order chi connectivity index (χ0) is 12.1. The summed E-state index contributed by atoms with van der Waals surface area (Å²) >= 11 is 0. The van der Waals surface area contributed by atoms with E-state index in [1.54, 1.807) is 0 Å². The SMILES string of the molecule is CCCc1c(CC)[nH]c(C(=O)OCC)c1C. The summed E-state index contributed by atoms with van der Waals surface area (Å²) in [5.41, 5.74) is 4.13. The summed E-state index contributed by atoms with van der Waals surface area (Å²) in [6.07, 6.45) is 3.04. The smallest absolute Gasteiger partial charge is 0.355 e. The van der Waals surface area contributed by atoms with Gasteiger partial charge in [-0.3, -0.25) is 0 Å². The van der Waals surface area contributed by atoms with Crippen molar-refractivity contribution in [2.75, 3.05) is 6.61 Å². The number of aryl methyl sites for hydroxylation is 1. The molecule has 1 rings (SSSR count). The molecule has 0 saturated carbocycles. The highest BCUT2D eigenvalue weighted by atomic mass is 16.5. The van der Waals surface area contributed by atoms with Gasteiger partial charge in [0, 0.05) is 5.69 Å². The van der Waals surface area contributed by atoms with Crippen molar-refractivity contribution in [2.24, 2.45) is 0 Å².